The van der Waals surface area contributed by atoms with E-state index in [0.29, 0.717) is 4.90 Å². The average Bonchev–Trinajstić information content (AvgIpc) is 2.39. The van der Waals surface area contributed by atoms with E-state index >= 15 is 0 Å². The summed E-state index contributed by atoms with van der Waals surface area (Å²) >= 11 is 0. The molecule has 2 aromatic carbocycles. The Hall–Kier alpha value is -1.81. The monoisotopic (exact) mass is 276 g/mol. The summed E-state index contributed by atoms with van der Waals surface area (Å²) in [4.78, 5) is 12.6. The summed E-state index contributed by atoms with van der Waals surface area (Å²) in [6, 6.07) is 12.7. The second-order valence-electron chi connectivity index (χ2n) is 4.19. The zero-order chi connectivity index (χ0) is 13.8. The van der Waals surface area contributed by atoms with Crippen LogP contribution in [-0.2, 0) is 10.8 Å². The molecule has 0 radical (unpaired) electrons. The summed E-state index contributed by atoms with van der Waals surface area (Å²) in [5, 5.41) is 0. The third kappa shape index (κ3) is 3.35. The lowest BCUT2D eigenvalue weighted by Crippen LogP contribution is -2.12. The van der Waals surface area contributed by atoms with Gasteiger partial charge in [-0.25, -0.2) is 4.39 Å². The maximum Gasteiger partial charge on any atom is 0.175 e. The smallest absolute Gasteiger partial charge is 0.175 e. The number of carbonyl (C=O) groups excluding carboxylic acids is 1. The van der Waals surface area contributed by atoms with Gasteiger partial charge in [-0.05, 0) is 30.7 Å². The van der Waals surface area contributed by atoms with Crippen molar-refractivity contribution in [3.63, 3.8) is 0 Å². The summed E-state index contributed by atoms with van der Waals surface area (Å²) < 4.78 is 25.2. The molecule has 0 bridgehead atoms. The summed E-state index contributed by atoms with van der Waals surface area (Å²) in [5.74, 6) is -0.914. The fourth-order valence-corrected chi connectivity index (χ4v) is 2.97. The zero-order valence-electron chi connectivity index (χ0n) is 10.4. The minimum absolute atomic E-state index is 0.131. The Balaban J connectivity index is 2.16. The number of carbonyl (C=O) groups is 1. The van der Waals surface area contributed by atoms with Crippen LogP contribution in [0, 0.1) is 12.7 Å². The van der Waals surface area contributed by atoms with Crippen LogP contribution in [-0.4, -0.2) is 15.7 Å². The standard InChI is InChI=1S/C15H13FO2S/c1-11-5-2-3-8-15(11)19(18)10-14(17)12-6-4-7-13(16)9-12/h2-9H,10H2,1H3. The first-order valence-corrected chi connectivity index (χ1v) is 7.12. The van der Waals surface area contributed by atoms with E-state index < -0.39 is 16.6 Å². The lowest BCUT2D eigenvalue weighted by Gasteiger charge is -2.05. The van der Waals surface area contributed by atoms with Gasteiger partial charge >= 0.3 is 0 Å². The third-order valence-electron chi connectivity index (χ3n) is 2.75. The minimum atomic E-state index is -1.40. The predicted octanol–water partition coefficient (Wildman–Crippen LogP) is 3.12. The van der Waals surface area contributed by atoms with Crippen molar-refractivity contribution in [2.45, 2.75) is 11.8 Å². The highest BCUT2D eigenvalue weighted by atomic mass is 32.2. The van der Waals surface area contributed by atoms with Gasteiger partial charge in [-0.15, -0.1) is 0 Å². The van der Waals surface area contributed by atoms with Crippen LogP contribution in [0.4, 0.5) is 4.39 Å². The molecular formula is C15H13FO2S. The zero-order valence-corrected chi connectivity index (χ0v) is 11.2. The van der Waals surface area contributed by atoms with Gasteiger partial charge in [0.25, 0.3) is 0 Å². The quantitative estimate of drug-likeness (QED) is 0.804. The maximum absolute atomic E-state index is 13.0. The normalized spacial score (nSPS) is 12.1. The molecule has 0 spiro atoms. The van der Waals surface area contributed by atoms with Crippen LogP contribution < -0.4 is 0 Å². The molecule has 0 aliphatic rings. The number of hydrogen-bond donors (Lipinski definition) is 0. The maximum atomic E-state index is 13.0. The van der Waals surface area contributed by atoms with Crippen LogP contribution in [0.5, 0.6) is 0 Å². The molecule has 2 aromatic rings. The average molecular weight is 276 g/mol. The third-order valence-corrected chi connectivity index (χ3v) is 4.22. The lowest BCUT2D eigenvalue weighted by atomic mass is 10.1. The number of hydrogen-bond acceptors (Lipinski definition) is 2. The van der Waals surface area contributed by atoms with E-state index in [-0.39, 0.29) is 17.1 Å². The Labute approximate surface area is 113 Å². The van der Waals surface area contributed by atoms with Gasteiger partial charge in [-0.3, -0.25) is 9.00 Å². The van der Waals surface area contributed by atoms with Gasteiger partial charge in [0.05, 0.1) is 16.6 Å². The molecule has 0 amide bonds. The molecule has 0 saturated heterocycles. The number of ketones is 1. The fourth-order valence-electron chi connectivity index (χ4n) is 1.75. The Bertz CT molecular complexity index is 638. The Morgan fingerprint density at radius 3 is 2.58 bits per heavy atom. The molecule has 0 aliphatic heterocycles. The summed E-state index contributed by atoms with van der Waals surface area (Å²) in [6.07, 6.45) is 0. The van der Waals surface area contributed by atoms with Gasteiger partial charge in [0.15, 0.2) is 5.78 Å². The van der Waals surface area contributed by atoms with E-state index in [1.165, 1.54) is 18.2 Å². The van der Waals surface area contributed by atoms with Crippen LogP contribution in [0.2, 0.25) is 0 Å². The topological polar surface area (TPSA) is 34.1 Å². The Morgan fingerprint density at radius 1 is 1.16 bits per heavy atom. The van der Waals surface area contributed by atoms with E-state index in [2.05, 4.69) is 0 Å². The highest BCUT2D eigenvalue weighted by Crippen LogP contribution is 2.14. The van der Waals surface area contributed by atoms with Gasteiger partial charge in [-0.2, -0.15) is 0 Å². The van der Waals surface area contributed by atoms with Crippen LogP contribution in [0.3, 0.4) is 0 Å². The van der Waals surface area contributed by atoms with Gasteiger partial charge in [0, 0.05) is 10.5 Å². The van der Waals surface area contributed by atoms with Gasteiger partial charge < -0.3 is 0 Å². The van der Waals surface area contributed by atoms with E-state index in [1.54, 1.807) is 12.1 Å². The molecule has 2 rings (SSSR count). The minimum Gasteiger partial charge on any atom is -0.293 e. The summed E-state index contributed by atoms with van der Waals surface area (Å²) in [7, 11) is -1.40. The summed E-state index contributed by atoms with van der Waals surface area (Å²) in [5.41, 5.74) is 1.13. The molecule has 98 valence electrons. The van der Waals surface area contributed by atoms with Crippen molar-refractivity contribution in [3.05, 3.63) is 65.5 Å². The van der Waals surface area contributed by atoms with E-state index in [0.717, 1.165) is 11.6 Å². The largest absolute Gasteiger partial charge is 0.293 e. The van der Waals surface area contributed by atoms with Crippen molar-refractivity contribution >= 4 is 16.6 Å². The van der Waals surface area contributed by atoms with Crippen molar-refractivity contribution in [2.24, 2.45) is 0 Å². The van der Waals surface area contributed by atoms with Gasteiger partial charge in [-0.1, -0.05) is 30.3 Å². The molecule has 0 saturated carbocycles. The van der Waals surface area contributed by atoms with Crippen LogP contribution >= 0.6 is 0 Å². The van der Waals surface area contributed by atoms with Crippen molar-refractivity contribution in [2.75, 3.05) is 5.75 Å². The second kappa shape index (κ2) is 5.89. The lowest BCUT2D eigenvalue weighted by molar-refractivity contribution is 0.102. The molecule has 0 aromatic heterocycles. The highest BCUT2D eigenvalue weighted by Gasteiger charge is 2.14. The first-order valence-electron chi connectivity index (χ1n) is 5.80. The van der Waals surface area contributed by atoms with Crippen molar-refractivity contribution in [1.82, 2.24) is 0 Å². The van der Waals surface area contributed by atoms with Gasteiger partial charge in [0.2, 0.25) is 0 Å². The fraction of sp³-hybridized carbons (Fsp3) is 0.133. The van der Waals surface area contributed by atoms with Crippen LogP contribution in [0.1, 0.15) is 15.9 Å². The van der Waals surface area contributed by atoms with E-state index in [9.17, 15) is 13.4 Å². The van der Waals surface area contributed by atoms with Crippen molar-refractivity contribution in [1.29, 1.82) is 0 Å². The molecule has 0 N–H and O–H groups in total. The van der Waals surface area contributed by atoms with E-state index in [1.807, 2.05) is 19.1 Å². The number of benzene rings is 2. The SMILES string of the molecule is Cc1ccccc1S(=O)CC(=O)c1cccc(F)c1. The molecule has 1 unspecified atom stereocenters. The molecule has 2 nitrogen and oxygen atoms in total. The number of rotatable bonds is 4. The molecule has 0 fully saturated rings. The number of halogens is 1. The molecular weight excluding hydrogens is 263 g/mol. The number of aryl methyl sites for hydroxylation is 1. The first-order chi connectivity index (χ1) is 9.08. The molecule has 4 heteroatoms. The van der Waals surface area contributed by atoms with Crippen LogP contribution in [0.15, 0.2) is 53.4 Å². The second-order valence-corrected chi connectivity index (χ2v) is 5.61. The first kappa shape index (κ1) is 13.6. The Morgan fingerprint density at radius 2 is 1.89 bits per heavy atom. The van der Waals surface area contributed by atoms with Crippen molar-refractivity contribution in [3.8, 4) is 0 Å². The van der Waals surface area contributed by atoms with E-state index in [4.69, 9.17) is 0 Å². The summed E-state index contributed by atoms with van der Waals surface area (Å²) in [6.45, 7) is 1.85. The van der Waals surface area contributed by atoms with Gasteiger partial charge in [0.1, 0.15) is 5.82 Å². The predicted molar refractivity (Wildman–Crippen MR) is 73.2 cm³/mol. The molecule has 0 heterocycles. The van der Waals surface area contributed by atoms with Crippen LogP contribution in [0.25, 0.3) is 0 Å². The molecule has 1 atom stereocenters. The Kier molecular flexibility index (Phi) is 4.22. The molecule has 19 heavy (non-hydrogen) atoms. The van der Waals surface area contributed by atoms with Crippen molar-refractivity contribution < 1.29 is 13.4 Å². The molecule has 0 aliphatic carbocycles. The highest BCUT2D eigenvalue weighted by molar-refractivity contribution is 7.85. The number of Topliss-reactive ketones (excluding diaryl/α,β-unsaturated/α-hetero) is 1.